The monoisotopic (exact) mass is 452 g/mol. The first kappa shape index (κ1) is 21.0. The van der Waals surface area contributed by atoms with E-state index >= 15 is 0 Å². The largest absolute Gasteiger partial charge is 0.485 e. The van der Waals surface area contributed by atoms with E-state index in [1.54, 1.807) is 41.1 Å². The van der Waals surface area contributed by atoms with Crippen molar-refractivity contribution in [2.45, 2.75) is 6.54 Å². The van der Waals surface area contributed by atoms with Crippen molar-refractivity contribution in [1.82, 2.24) is 4.57 Å². The van der Waals surface area contributed by atoms with Gasteiger partial charge in [0.25, 0.3) is 0 Å². The Hall–Kier alpha value is -3.28. The molecule has 4 aromatic rings. The number of amides is 1. The van der Waals surface area contributed by atoms with Gasteiger partial charge < -0.3 is 14.6 Å². The van der Waals surface area contributed by atoms with Crippen LogP contribution in [0.1, 0.15) is 10.4 Å². The van der Waals surface area contributed by atoms with Crippen LogP contribution in [-0.4, -0.2) is 22.9 Å². The normalized spacial score (nSPS) is 10.8. The minimum Gasteiger partial charge on any atom is -0.485 e. The molecule has 156 valence electrons. The molecule has 3 aromatic carbocycles. The van der Waals surface area contributed by atoms with Gasteiger partial charge in [0, 0.05) is 28.4 Å². The quantitative estimate of drug-likeness (QED) is 0.357. The summed E-state index contributed by atoms with van der Waals surface area (Å²) >= 11 is 11.9. The number of carbonyl (C=O) groups excluding carboxylic acids is 2. The number of nitrogens with zero attached hydrogens (tertiary/aromatic N) is 1. The predicted octanol–water partition coefficient (Wildman–Crippen LogP) is 5.85. The van der Waals surface area contributed by atoms with E-state index in [9.17, 15) is 9.59 Å². The van der Waals surface area contributed by atoms with Crippen LogP contribution >= 0.6 is 23.2 Å². The van der Waals surface area contributed by atoms with E-state index in [-0.39, 0.29) is 24.8 Å². The van der Waals surface area contributed by atoms with Gasteiger partial charge in [0.2, 0.25) is 11.7 Å². The van der Waals surface area contributed by atoms with E-state index in [1.165, 1.54) is 0 Å². The number of hydrogen-bond acceptors (Lipinski definition) is 3. The summed E-state index contributed by atoms with van der Waals surface area (Å²) in [5.74, 6) is 0.211. The van der Waals surface area contributed by atoms with Crippen LogP contribution in [0.25, 0.3) is 10.9 Å². The molecule has 0 radical (unpaired) electrons. The number of para-hydroxylation sites is 2. The molecule has 0 unspecified atom stereocenters. The minimum atomic E-state index is -0.251. The number of hydrogen-bond donors (Lipinski definition) is 1. The molecule has 31 heavy (non-hydrogen) atoms. The van der Waals surface area contributed by atoms with Crippen LogP contribution in [-0.2, 0) is 11.3 Å². The van der Waals surface area contributed by atoms with Crippen LogP contribution in [0, 0.1) is 0 Å². The summed E-state index contributed by atoms with van der Waals surface area (Å²) in [6.07, 6.45) is 1.69. The van der Waals surface area contributed by atoms with E-state index in [4.69, 9.17) is 27.9 Å². The van der Waals surface area contributed by atoms with Gasteiger partial charge in [-0.2, -0.15) is 0 Å². The van der Waals surface area contributed by atoms with Crippen molar-refractivity contribution in [1.29, 1.82) is 0 Å². The second kappa shape index (κ2) is 9.25. The Kier molecular flexibility index (Phi) is 6.26. The second-order valence-electron chi connectivity index (χ2n) is 6.89. The lowest BCUT2D eigenvalue weighted by Gasteiger charge is -2.08. The molecular formula is C24H18Cl2N2O3. The summed E-state index contributed by atoms with van der Waals surface area (Å²) < 4.78 is 7.35. The van der Waals surface area contributed by atoms with Gasteiger partial charge in [-0.05, 0) is 36.4 Å². The van der Waals surface area contributed by atoms with Crippen LogP contribution < -0.4 is 10.1 Å². The third-order valence-corrected chi connectivity index (χ3v) is 5.46. The van der Waals surface area contributed by atoms with Crippen LogP contribution in [0.3, 0.4) is 0 Å². The molecule has 0 saturated heterocycles. The third kappa shape index (κ3) is 4.90. The summed E-state index contributed by atoms with van der Waals surface area (Å²) in [4.78, 5) is 25.4. The molecule has 0 saturated carbocycles. The molecular weight excluding hydrogens is 435 g/mol. The number of carbonyl (C=O) groups is 2. The molecule has 0 spiro atoms. The topological polar surface area (TPSA) is 60.3 Å². The van der Waals surface area contributed by atoms with Gasteiger partial charge in [0.15, 0.2) is 6.61 Å². The lowest BCUT2D eigenvalue weighted by atomic mass is 10.1. The molecule has 1 aromatic heterocycles. The number of benzene rings is 3. The first-order valence-electron chi connectivity index (χ1n) is 9.55. The lowest BCUT2D eigenvalue weighted by Crippen LogP contribution is -2.18. The van der Waals surface area contributed by atoms with E-state index in [0.29, 0.717) is 27.0 Å². The predicted molar refractivity (Wildman–Crippen MR) is 123 cm³/mol. The Morgan fingerprint density at radius 3 is 2.42 bits per heavy atom. The first-order chi connectivity index (χ1) is 15.0. The molecule has 0 fully saturated rings. The highest BCUT2D eigenvalue weighted by Gasteiger charge is 2.17. The van der Waals surface area contributed by atoms with Crippen molar-refractivity contribution in [2.75, 3.05) is 11.9 Å². The Bertz CT molecular complexity index is 1250. The number of rotatable bonds is 7. The summed E-state index contributed by atoms with van der Waals surface area (Å²) in [6.45, 7) is -0.0545. The van der Waals surface area contributed by atoms with Gasteiger partial charge in [-0.25, -0.2) is 0 Å². The number of ketones is 1. The highest BCUT2D eigenvalue weighted by molar-refractivity contribution is 6.42. The Morgan fingerprint density at radius 2 is 1.65 bits per heavy atom. The first-order valence-corrected chi connectivity index (χ1v) is 10.3. The number of anilines is 1. The highest BCUT2D eigenvalue weighted by atomic mass is 35.5. The summed E-state index contributed by atoms with van der Waals surface area (Å²) in [7, 11) is 0. The molecule has 5 nitrogen and oxygen atoms in total. The molecule has 0 aliphatic carbocycles. The van der Waals surface area contributed by atoms with Crippen molar-refractivity contribution in [2.24, 2.45) is 0 Å². The number of Topliss-reactive ketones (excluding diaryl/α,β-unsaturated/α-hetero) is 1. The van der Waals surface area contributed by atoms with Gasteiger partial charge in [-0.3, -0.25) is 9.59 Å². The smallest absolute Gasteiger partial charge is 0.244 e. The SMILES string of the molecule is O=C(Cn1cc(C(=O)COc2ccccc2)c2ccccc21)Nc1ccc(Cl)c(Cl)c1. The van der Waals surface area contributed by atoms with Crippen molar-refractivity contribution in [3.8, 4) is 5.75 Å². The maximum absolute atomic E-state index is 12.8. The number of halogens is 2. The van der Waals surface area contributed by atoms with Crippen molar-refractivity contribution < 1.29 is 14.3 Å². The molecule has 0 bridgehead atoms. The second-order valence-corrected chi connectivity index (χ2v) is 7.70. The van der Waals surface area contributed by atoms with Crippen molar-refractivity contribution >= 4 is 51.5 Å². The number of nitrogens with one attached hydrogen (secondary N) is 1. The van der Waals surface area contributed by atoms with E-state index < -0.39 is 0 Å². The van der Waals surface area contributed by atoms with Crippen LogP contribution in [0.4, 0.5) is 5.69 Å². The molecule has 1 heterocycles. The van der Waals surface area contributed by atoms with E-state index in [2.05, 4.69) is 5.32 Å². The zero-order valence-electron chi connectivity index (χ0n) is 16.3. The van der Waals surface area contributed by atoms with Gasteiger partial charge in [-0.1, -0.05) is 59.6 Å². The van der Waals surface area contributed by atoms with Crippen LogP contribution in [0.15, 0.2) is 79.0 Å². The Labute approximate surface area is 189 Å². The molecule has 1 N–H and O–H groups in total. The summed E-state index contributed by atoms with van der Waals surface area (Å²) in [6, 6.07) is 21.5. The maximum Gasteiger partial charge on any atom is 0.244 e. The van der Waals surface area contributed by atoms with E-state index in [0.717, 1.165) is 10.9 Å². The van der Waals surface area contributed by atoms with Crippen LogP contribution in [0.5, 0.6) is 5.75 Å². The number of fused-ring (bicyclic) bond motifs is 1. The fourth-order valence-electron chi connectivity index (χ4n) is 3.27. The molecule has 4 rings (SSSR count). The molecule has 0 aliphatic rings. The van der Waals surface area contributed by atoms with Gasteiger partial charge in [0.1, 0.15) is 12.3 Å². The van der Waals surface area contributed by atoms with Gasteiger partial charge in [-0.15, -0.1) is 0 Å². The minimum absolute atomic E-state index is 0.0353. The summed E-state index contributed by atoms with van der Waals surface area (Å²) in [5, 5.41) is 4.34. The number of ether oxygens (including phenoxy) is 1. The molecule has 7 heteroatoms. The molecule has 1 amide bonds. The summed E-state index contributed by atoms with van der Waals surface area (Å²) in [5.41, 5.74) is 1.84. The molecule has 0 aliphatic heterocycles. The van der Waals surface area contributed by atoms with Crippen LogP contribution in [0.2, 0.25) is 10.0 Å². The zero-order valence-corrected chi connectivity index (χ0v) is 17.9. The standard InChI is InChI=1S/C24H18Cl2N2O3/c25-20-11-10-16(12-21(20)26)27-24(30)14-28-13-19(18-8-4-5-9-22(18)28)23(29)15-31-17-6-2-1-3-7-17/h1-13H,14-15H2,(H,27,30). The van der Waals surface area contributed by atoms with E-state index in [1.807, 2.05) is 42.5 Å². The average Bonchev–Trinajstić information content (AvgIpc) is 3.14. The zero-order chi connectivity index (χ0) is 21.8. The fourth-order valence-corrected chi connectivity index (χ4v) is 3.57. The maximum atomic E-state index is 12.8. The van der Waals surface area contributed by atoms with Gasteiger partial charge >= 0.3 is 0 Å². The third-order valence-electron chi connectivity index (χ3n) is 4.72. The highest BCUT2D eigenvalue weighted by Crippen LogP contribution is 2.26. The Balaban J connectivity index is 1.52. The number of aromatic nitrogens is 1. The average molecular weight is 453 g/mol. The molecule has 0 atom stereocenters. The van der Waals surface area contributed by atoms with Gasteiger partial charge in [0.05, 0.1) is 10.0 Å². The lowest BCUT2D eigenvalue weighted by molar-refractivity contribution is -0.116. The van der Waals surface area contributed by atoms with Crippen molar-refractivity contribution in [3.05, 3.63) is 94.6 Å². The Morgan fingerprint density at radius 1 is 0.903 bits per heavy atom. The van der Waals surface area contributed by atoms with Crippen molar-refractivity contribution in [3.63, 3.8) is 0 Å². The fraction of sp³-hybridized carbons (Fsp3) is 0.0833.